The second kappa shape index (κ2) is 6.60. The van der Waals surface area contributed by atoms with E-state index in [1.807, 2.05) is 0 Å². The molecule has 0 radical (unpaired) electrons. The highest BCUT2D eigenvalue weighted by atomic mass is 35.5. The molecule has 2 amide bonds. The molecular formula is C13H11Cl2N3O3. The number of amides is 2. The average Bonchev–Trinajstić information content (AvgIpc) is 2.87. The first kappa shape index (κ1) is 15.3. The van der Waals surface area contributed by atoms with Gasteiger partial charge in [0.25, 0.3) is 5.91 Å². The third-order valence-electron chi connectivity index (χ3n) is 2.46. The second-order valence-corrected chi connectivity index (χ2v) is 5.03. The number of aromatic nitrogens is 1. The van der Waals surface area contributed by atoms with Gasteiger partial charge in [-0.1, -0.05) is 28.4 Å². The SMILES string of the molecule is Cc1cc(C(=O)NCC(=O)Nc2cc(Cl)ccc2Cl)on1. The van der Waals surface area contributed by atoms with Crippen molar-refractivity contribution in [2.24, 2.45) is 0 Å². The summed E-state index contributed by atoms with van der Waals surface area (Å²) >= 11 is 11.7. The average molecular weight is 328 g/mol. The van der Waals surface area contributed by atoms with E-state index in [1.54, 1.807) is 19.1 Å². The summed E-state index contributed by atoms with van der Waals surface area (Å²) in [5.74, 6) is -0.923. The molecule has 21 heavy (non-hydrogen) atoms. The van der Waals surface area contributed by atoms with Gasteiger partial charge in [-0.25, -0.2) is 0 Å². The predicted molar refractivity (Wildman–Crippen MR) is 78.7 cm³/mol. The van der Waals surface area contributed by atoms with Crippen LogP contribution < -0.4 is 10.6 Å². The molecule has 2 aromatic rings. The van der Waals surface area contributed by atoms with Gasteiger partial charge in [-0.2, -0.15) is 0 Å². The molecule has 6 nitrogen and oxygen atoms in total. The number of rotatable bonds is 4. The first-order chi connectivity index (χ1) is 9.95. The van der Waals surface area contributed by atoms with Crippen LogP contribution in [0.15, 0.2) is 28.8 Å². The molecule has 1 aromatic heterocycles. The van der Waals surface area contributed by atoms with Crippen molar-refractivity contribution < 1.29 is 14.1 Å². The van der Waals surface area contributed by atoms with E-state index in [9.17, 15) is 9.59 Å². The van der Waals surface area contributed by atoms with Gasteiger partial charge < -0.3 is 15.2 Å². The lowest BCUT2D eigenvalue weighted by atomic mass is 10.3. The van der Waals surface area contributed by atoms with E-state index in [0.717, 1.165) is 0 Å². The van der Waals surface area contributed by atoms with Crippen molar-refractivity contribution in [1.82, 2.24) is 10.5 Å². The molecule has 0 atom stereocenters. The zero-order valence-electron chi connectivity index (χ0n) is 10.9. The van der Waals surface area contributed by atoms with Crippen LogP contribution in [0.4, 0.5) is 5.69 Å². The Bertz CT molecular complexity index is 685. The zero-order valence-corrected chi connectivity index (χ0v) is 12.5. The maximum absolute atomic E-state index is 11.7. The van der Waals surface area contributed by atoms with Gasteiger partial charge in [-0.15, -0.1) is 0 Å². The van der Waals surface area contributed by atoms with Crippen molar-refractivity contribution in [3.05, 3.63) is 45.8 Å². The van der Waals surface area contributed by atoms with Gasteiger partial charge in [-0.05, 0) is 25.1 Å². The highest BCUT2D eigenvalue weighted by molar-refractivity contribution is 6.35. The van der Waals surface area contributed by atoms with Crippen molar-refractivity contribution in [1.29, 1.82) is 0 Å². The number of hydrogen-bond donors (Lipinski definition) is 2. The number of hydrogen-bond acceptors (Lipinski definition) is 4. The van der Waals surface area contributed by atoms with Crippen LogP contribution in [0.1, 0.15) is 16.2 Å². The van der Waals surface area contributed by atoms with Crippen molar-refractivity contribution >= 4 is 40.7 Å². The van der Waals surface area contributed by atoms with Crippen molar-refractivity contribution in [3.63, 3.8) is 0 Å². The molecule has 1 heterocycles. The number of carbonyl (C=O) groups is 2. The smallest absolute Gasteiger partial charge is 0.290 e. The van der Waals surface area contributed by atoms with Crippen LogP contribution >= 0.6 is 23.2 Å². The fourth-order valence-electron chi connectivity index (χ4n) is 1.51. The fraction of sp³-hybridized carbons (Fsp3) is 0.154. The number of nitrogens with one attached hydrogen (secondary N) is 2. The van der Waals surface area contributed by atoms with Crippen molar-refractivity contribution in [3.8, 4) is 0 Å². The lowest BCUT2D eigenvalue weighted by Gasteiger charge is -2.08. The summed E-state index contributed by atoms with van der Waals surface area (Å²) in [6.07, 6.45) is 0. The Kier molecular flexibility index (Phi) is 4.82. The quantitative estimate of drug-likeness (QED) is 0.904. The van der Waals surface area contributed by atoms with Crippen molar-refractivity contribution in [2.75, 3.05) is 11.9 Å². The maximum Gasteiger partial charge on any atom is 0.290 e. The topological polar surface area (TPSA) is 84.2 Å². The van der Waals surface area contributed by atoms with Crippen LogP contribution in [-0.2, 0) is 4.79 Å². The normalized spacial score (nSPS) is 10.2. The van der Waals surface area contributed by atoms with Crippen LogP contribution in [0.25, 0.3) is 0 Å². The number of aryl methyl sites for hydroxylation is 1. The van der Waals surface area contributed by atoms with Gasteiger partial charge in [0.15, 0.2) is 0 Å². The van der Waals surface area contributed by atoms with E-state index in [2.05, 4.69) is 15.8 Å². The van der Waals surface area contributed by atoms with E-state index in [-0.39, 0.29) is 12.3 Å². The Morgan fingerprint density at radius 3 is 2.71 bits per heavy atom. The minimum Gasteiger partial charge on any atom is -0.351 e. The van der Waals surface area contributed by atoms with E-state index in [4.69, 9.17) is 27.7 Å². The Labute approximate surface area is 130 Å². The molecule has 0 spiro atoms. The number of benzene rings is 1. The predicted octanol–water partition coefficient (Wildman–Crippen LogP) is 2.66. The highest BCUT2D eigenvalue weighted by Crippen LogP contribution is 2.25. The Morgan fingerprint density at radius 2 is 2.05 bits per heavy atom. The summed E-state index contributed by atoms with van der Waals surface area (Å²) in [5, 5.41) is 9.33. The van der Waals surface area contributed by atoms with E-state index < -0.39 is 11.8 Å². The lowest BCUT2D eigenvalue weighted by molar-refractivity contribution is -0.115. The van der Waals surface area contributed by atoms with Gasteiger partial charge in [0.1, 0.15) is 0 Å². The number of carbonyl (C=O) groups excluding carboxylic acids is 2. The Balaban J connectivity index is 1.90. The summed E-state index contributed by atoms with van der Waals surface area (Å²) in [6.45, 7) is 1.45. The minimum atomic E-state index is -0.525. The van der Waals surface area contributed by atoms with Crippen LogP contribution in [0, 0.1) is 6.92 Å². The van der Waals surface area contributed by atoms with Gasteiger partial charge in [-0.3, -0.25) is 9.59 Å². The minimum absolute atomic E-state index is 0.0427. The van der Waals surface area contributed by atoms with E-state index in [1.165, 1.54) is 12.1 Å². The van der Waals surface area contributed by atoms with Crippen LogP contribution in [0.3, 0.4) is 0 Å². The molecule has 0 aliphatic heterocycles. The lowest BCUT2D eigenvalue weighted by Crippen LogP contribution is -2.32. The van der Waals surface area contributed by atoms with Crippen LogP contribution in [0.5, 0.6) is 0 Å². The summed E-state index contributed by atoms with van der Waals surface area (Å²) in [5.41, 5.74) is 0.953. The molecule has 1 aromatic carbocycles. The summed E-state index contributed by atoms with van der Waals surface area (Å²) in [6, 6.07) is 6.16. The Morgan fingerprint density at radius 1 is 1.29 bits per heavy atom. The first-order valence-corrected chi connectivity index (χ1v) is 6.67. The number of halogens is 2. The summed E-state index contributed by atoms with van der Waals surface area (Å²) < 4.78 is 4.78. The van der Waals surface area contributed by atoms with Gasteiger partial charge in [0.05, 0.1) is 22.9 Å². The van der Waals surface area contributed by atoms with Gasteiger partial charge >= 0.3 is 0 Å². The van der Waals surface area contributed by atoms with Crippen molar-refractivity contribution in [2.45, 2.75) is 6.92 Å². The van der Waals surface area contributed by atoms with Crippen LogP contribution in [-0.4, -0.2) is 23.5 Å². The number of nitrogens with zero attached hydrogens (tertiary/aromatic N) is 1. The standard InChI is InChI=1S/C13H11Cl2N3O3/c1-7-4-11(21-18-7)13(20)16-6-12(19)17-10-5-8(14)2-3-9(10)15/h2-5H,6H2,1H3,(H,16,20)(H,17,19). The molecule has 0 aliphatic rings. The monoisotopic (exact) mass is 327 g/mol. The zero-order chi connectivity index (χ0) is 15.4. The largest absolute Gasteiger partial charge is 0.351 e. The molecule has 0 fully saturated rings. The molecule has 0 saturated carbocycles. The molecule has 110 valence electrons. The van der Waals surface area contributed by atoms with E-state index in [0.29, 0.717) is 21.4 Å². The third-order valence-corrected chi connectivity index (χ3v) is 3.03. The second-order valence-electron chi connectivity index (χ2n) is 4.19. The molecule has 0 bridgehead atoms. The fourth-order valence-corrected chi connectivity index (χ4v) is 1.84. The van der Waals surface area contributed by atoms with Crippen LogP contribution in [0.2, 0.25) is 10.0 Å². The van der Waals surface area contributed by atoms with Gasteiger partial charge in [0, 0.05) is 11.1 Å². The summed E-state index contributed by atoms with van der Waals surface area (Å²) in [7, 11) is 0. The Hall–Kier alpha value is -2.05. The molecule has 2 N–H and O–H groups in total. The van der Waals surface area contributed by atoms with E-state index >= 15 is 0 Å². The highest BCUT2D eigenvalue weighted by Gasteiger charge is 2.13. The molecule has 0 saturated heterocycles. The number of anilines is 1. The molecule has 8 heteroatoms. The molecule has 2 rings (SSSR count). The maximum atomic E-state index is 11.7. The molecule has 0 unspecified atom stereocenters. The third kappa shape index (κ3) is 4.21. The first-order valence-electron chi connectivity index (χ1n) is 5.92. The molecule has 0 aliphatic carbocycles. The van der Waals surface area contributed by atoms with Gasteiger partial charge in [0.2, 0.25) is 11.7 Å². The summed E-state index contributed by atoms with van der Waals surface area (Å²) in [4.78, 5) is 23.4. The molecular weight excluding hydrogens is 317 g/mol.